The van der Waals surface area contributed by atoms with Gasteiger partial charge < -0.3 is 0 Å². The molecule has 0 atom stereocenters. The highest BCUT2D eigenvalue weighted by atomic mass is 35.5. The molecule has 0 fully saturated rings. The molecule has 0 amide bonds. The predicted molar refractivity (Wildman–Crippen MR) is 59.5 cm³/mol. The number of aromatic nitrogens is 1. The maximum absolute atomic E-state index is 12.0. The van der Waals surface area contributed by atoms with Crippen molar-refractivity contribution in [3.8, 4) is 6.07 Å². The first-order valence-electron chi connectivity index (χ1n) is 4.41. The highest BCUT2D eigenvalue weighted by molar-refractivity contribution is 7.89. The Balaban J connectivity index is 3.23. The lowest BCUT2D eigenvalue weighted by Gasteiger charge is -2.15. The van der Waals surface area contributed by atoms with E-state index in [0.717, 1.165) is 4.31 Å². The van der Waals surface area contributed by atoms with Crippen molar-refractivity contribution in [2.45, 2.75) is 4.90 Å². The van der Waals surface area contributed by atoms with Crippen molar-refractivity contribution >= 4 is 21.6 Å². The molecule has 0 aliphatic rings. The molecule has 1 aromatic rings. The third-order valence-electron chi connectivity index (χ3n) is 1.96. The van der Waals surface area contributed by atoms with Gasteiger partial charge in [0.05, 0.1) is 0 Å². The van der Waals surface area contributed by atoms with E-state index in [1.54, 1.807) is 6.07 Å². The number of pyridine rings is 1. The van der Waals surface area contributed by atoms with Crippen LogP contribution in [0.3, 0.4) is 0 Å². The summed E-state index contributed by atoms with van der Waals surface area (Å²) in [5.41, 5.74) is -0.107. The Morgan fingerprint density at radius 2 is 2.31 bits per heavy atom. The highest BCUT2D eigenvalue weighted by Gasteiger charge is 2.23. The SMILES string of the molecule is CN(CCCl)S(=O)(=O)c1cccnc1C#N. The molecule has 0 radical (unpaired) electrons. The van der Waals surface area contributed by atoms with Gasteiger partial charge in [0.25, 0.3) is 0 Å². The maximum atomic E-state index is 12.0. The predicted octanol–water partition coefficient (Wildman–Crippen LogP) is 0.813. The van der Waals surface area contributed by atoms with Crippen molar-refractivity contribution in [2.75, 3.05) is 19.5 Å². The molecule has 0 N–H and O–H groups in total. The third kappa shape index (κ3) is 2.50. The third-order valence-corrected chi connectivity index (χ3v) is 4.02. The molecular weight excluding hydrogens is 250 g/mol. The van der Waals surface area contributed by atoms with Gasteiger partial charge in [0.1, 0.15) is 11.0 Å². The van der Waals surface area contributed by atoms with E-state index in [1.165, 1.54) is 25.4 Å². The zero-order valence-electron chi connectivity index (χ0n) is 8.59. The van der Waals surface area contributed by atoms with Crippen LogP contribution in [0.15, 0.2) is 23.2 Å². The summed E-state index contributed by atoms with van der Waals surface area (Å²) in [6, 6.07) is 4.58. The molecule has 16 heavy (non-hydrogen) atoms. The van der Waals surface area contributed by atoms with E-state index < -0.39 is 10.0 Å². The van der Waals surface area contributed by atoms with Gasteiger partial charge in [0.15, 0.2) is 5.69 Å². The number of halogens is 1. The van der Waals surface area contributed by atoms with E-state index in [1.807, 2.05) is 0 Å². The average molecular weight is 260 g/mol. The summed E-state index contributed by atoms with van der Waals surface area (Å²) < 4.78 is 25.1. The van der Waals surface area contributed by atoms with Crippen LogP contribution in [0.25, 0.3) is 0 Å². The Bertz CT molecular complexity index is 510. The van der Waals surface area contributed by atoms with Gasteiger partial charge in [-0.1, -0.05) is 0 Å². The lowest BCUT2D eigenvalue weighted by atomic mass is 10.4. The van der Waals surface area contributed by atoms with E-state index in [4.69, 9.17) is 16.9 Å². The number of sulfonamides is 1. The molecule has 0 aliphatic carbocycles. The van der Waals surface area contributed by atoms with Crippen molar-refractivity contribution in [3.05, 3.63) is 24.0 Å². The van der Waals surface area contributed by atoms with Gasteiger partial charge in [0, 0.05) is 25.7 Å². The Morgan fingerprint density at radius 3 is 2.88 bits per heavy atom. The fourth-order valence-electron chi connectivity index (χ4n) is 1.09. The summed E-state index contributed by atoms with van der Waals surface area (Å²) in [7, 11) is -2.27. The fraction of sp³-hybridized carbons (Fsp3) is 0.333. The largest absolute Gasteiger partial charge is 0.245 e. The van der Waals surface area contributed by atoms with Gasteiger partial charge in [-0.05, 0) is 12.1 Å². The fourth-order valence-corrected chi connectivity index (χ4v) is 2.70. The molecule has 0 spiro atoms. The molecular formula is C9H10ClN3O2S. The summed E-state index contributed by atoms with van der Waals surface area (Å²) in [6.07, 6.45) is 1.37. The summed E-state index contributed by atoms with van der Waals surface area (Å²) in [5.74, 6) is 0.192. The van der Waals surface area contributed by atoms with Gasteiger partial charge in [-0.2, -0.15) is 9.57 Å². The number of hydrogen-bond donors (Lipinski definition) is 0. The Hall–Kier alpha value is -1.16. The van der Waals surface area contributed by atoms with E-state index in [0.29, 0.717) is 0 Å². The molecule has 7 heteroatoms. The minimum atomic E-state index is -3.68. The average Bonchev–Trinajstić information content (AvgIpc) is 2.29. The molecule has 1 rings (SSSR count). The van der Waals surface area contributed by atoms with Crippen molar-refractivity contribution in [2.24, 2.45) is 0 Å². The second-order valence-corrected chi connectivity index (χ2v) is 5.37. The molecule has 0 unspecified atom stereocenters. The van der Waals surface area contributed by atoms with Crippen LogP contribution in [0.5, 0.6) is 0 Å². The lowest BCUT2D eigenvalue weighted by Crippen LogP contribution is -2.29. The number of nitrogens with zero attached hydrogens (tertiary/aromatic N) is 3. The minimum Gasteiger partial charge on any atom is -0.244 e. The molecule has 5 nitrogen and oxygen atoms in total. The normalized spacial score (nSPS) is 11.4. The number of hydrogen-bond acceptors (Lipinski definition) is 4. The molecule has 0 aromatic carbocycles. The molecule has 0 saturated carbocycles. The van der Waals surface area contributed by atoms with Gasteiger partial charge >= 0.3 is 0 Å². The minimum absolute atomic E-state index is 0.0925. The van der Waals surface area contributed by atoms with E-state index in [2.05, 4.69) is 4.98 Å². The zero-order valence-corrected chi connectivity index (χ0v) is 10.2. The Labute approximate surface area is 99.3 Å². The van der Waals surface area contributed by atoms with Crippen molar-refractivity contribution < 1.29 is 8.42 Å². The van der Waals surface area contributed by atoms with Crippen LogP contribution >= 0.6 is 11.6 Å². The van der Waals surface area contributed by atoms with Crippen LogP contribution in [-0.4, -0.2) is 37.2 Å². The van der Waals surface area contributed by atoms with Gasteiger partial charge in [0.2, 0.25) is 10.0 Å². The first kappa shape index (κ1) is 12.9. The van der Waals surface area contributed by atoms with E-state index in [-0.39, 0.29) is 23.0 Å². The number of nitriles is 1. The number of alkyl halides is 1. The summed E-state index contributed by atoms with van der Waals surface area (Å²) in [4.78, 5) is 3.61. The van der Waals surface area contributed by atoms with Crippen molar-refractivity contribution in [1.29, 1.82) is 5.26 Å². The summed E-state index contributed by atoms with van der Waals surface area (Å²) in [6.45, 7) is 0.184. The molecule has 1 aromatic heterocycles. The van der Waals surface area contributed by atoms with Gasteiger partial charge in [-0.3, -0.25) is 0 Å². The molecule has 0 saturated heterocycles. The Morgan fingerprint density at radius 1 is 1.62 bits per heavy atom. The zero-order chi connectivity index (χ0) is 12.2. The topological polar surface area (TPSA) is 74.1 Å². The second-order valence-electron chi connectivity index (χ2n) is 2.98. The molecule has 86 valence electrons. The number of rotatable bonds is 4. The first-order valence-corrected chi connectivity index (χ1v) is 6.39. The van der Waals surface area contributed by atoms with Crippen LogP contribution < -0.4 is 0 Å². The summed E-state index contributed by atoms with van der Waals surface area (Å²) >= 11 is 5.48. The first-order chi connectivity index (χ1) is 7.54. The van der Waals surface area contributed by atoms with Crippen LogP contribution in [-0.2, 0) is 10.0 Å². The quantitative estimate of drug-likeness (QED) is 0.750. The monoisotopic (exact) mass is 259 g/mol. The van der Waals surface area contributed by atoms with Crippen molar-refractivity contribution in [3.63, 3.8) is 0 Å². The molecule has 0 aliphatic heterocycles. The Kier molecular flexibility index (Phi) is 4.24. The second kappa shape index (κ2) is 5.25. The smallest absolute Gasteiger partial charge is 0.244 e. The van der Waals surface area contributed by atoms with E-state index >= 15 is 0 Å². The van der Waals surface area contributed by atoms with Crippen LogP contribution in [0.1, 0.15) is 5.69 Å². The maximum Gasteiger partial charge on any atom is 0.245 e. The van der Waals surface area contributed by atoms with Crippen molar-refractivity contribution in [1.82, 2.24) is 9.29 Å². The lowest BCUT2D eigenvalue weighted by molar-refractivity contribution is 0.487. The summed E-state index contributed by atoms with van der Waals surface area (Å²) in [5, 5.41) is 8.77. The highest BCUT2D eigenvalue weighted by Crippen LogP contribution is 2.16. The van der Waals surface area contributed by atoms with Crippen LogP contribution in [0, 0.1) is 11.3 Å². The molecule has 0 bridgehead atoms. The van der Waals surface area contributed by atoms with Crippen LogP contribution in [0.4, 0.5) is 0 Å². The molecule has 1 heterocycles. The van der Waals surface area contributed by atoms with Crippen LogP contribution in [0.2, 0.25) is 0 Å². The van der Waals surface area contributed by atoms with Gasteiger partial charge in [-0.15, -0.1) is 11.6 Å². The standard InChI is InChI=1S/C9H10ClN3O2S/c1-13(6-4-10)16(14,15)9-3-2-5-12-8(9)7-11/h2-3,5H,4,6H2,1H3. The van der Waals surface area contributed by atoms with Gasteiger partial charge in [-0.25, -0.2) is 13.4 Å². The van der Waals surface area contributed by atoms with E-state index in [9.17, 15) is 8.42 Å².